The first-order valence-electron chi connectivity index (χ1n) is 4.87. The number of nitrogens with zero attached hydrogens (tertiary/aromatic N) is 3. The van der Waals surface area contributed by atoms with E-state index in [0.717, 1.165) is 11.1 Å². The summed E-state index contributed by atoms with van der Waals surface area (Å²) in [6.07, 6.45) is 1.14. The van der Waals surface area contributed by atoms with Crippen molar-refractivity contribution in [1.82, 2.24) is 9.97 Å². The minimum atomic E-state index is -0.798. The summed E-state index contributed by atoms with van der Waals surface area (Å²) in [5.41, 5.74) is 0. The first-order chi connectivity index (χ1) is 8.70. The zero-order chi connectivity index (χ0) is 13.0. The molecule has 94 valence electrons. The van der Waals surface area contributed by atoms with E-state index in [0.29, 0.717) is 5.01 Å². The van der Waals surface area contributed by atoms with E-state index in [1.54, 1.807) is 0 Å². The van der Waals surface area contributed by atoms with Crippen LogP contribution in [0.1, 0.15) is 4.88 Å². The maximum absolute atomic E-state index is 13.3. The number of hydrogen-bond donors (Lipinski definition) is 1. The molecular formula is C10H9FN4O2S. The molecule has 0 aliphatic carbocycles. The number of amides is 1. The maximum atomic E-state index is 13.3. The molecule has 2 rings (SSSR count). The molecule has 6 nitrogen and oxygen atoms in total. The minimum absolute atomic E-state index is 0.0444. The predicted octanol–water partition coefficient (Wildman–Crippen LogP) is 1.09. The van der Waals surface area contributed by atoms with Gasteiger partial charge in [0, 0.05) is 4.88 Å². The number of carbonyl (C=O) groups excluding carboxylic acids is 1. The lowest BCUT2D eigenvalue weighted by Gasteiger charge is -2.10. The van der Waals surface area contributed by atoms with Crippen LogP contribution in [-0.4, -0.2) is 16.4 Å². The van der Waals surface area contributed by atoms with Gasteiger partial charge in [0.05, 0.1) is 6.20 Å². The van der Waals surface area contributed by atoms with Crippen LogP contribution < -0.4 is 15.6 Å². The second-order valence-corrected chi connectivity index (χ2v) is 4.24. The number of hydrogen-bond acceptors (Lipinski definition) is 6. The van der Waals surface area contributed by atoms with Gasteiger partial charge in [-0.3, -0.25) is 4.79 Å². The first kappa shape index (κ1) is 12.4. The Morgan fingerprint density at radius 3 is 3.11 bits per heavy atom. The lowest BCUT2D eigenvalue weighted by atomic mass is 10.5. The molecule has 0 aliphatic rings. The third kappa shape index (κ3) is 2.79. The number of halogens is 1. The van der Waals surface area contributed by atoms with E-state index in [9.17, 15) is 9.18 Å². The normalized spacial score (nSPS) is 10.1. The third-order valence-corrected chi connectivity index (χ3v) is 2.84. The molecule has 0 unspecified atom stereocenters. The molecule has 0 bridgehead atoms. The minimum Gasteiger partial charge on any atom is -0.458 e. The fraction of sp³-hybridized carbons (Fsp3) is 0.100. The lowest BCUT2D eigenvalue weighted by molar-refractivity contribution is -0.107. The van der Waals surface area contributed by atoms with Gasteiger partial charge >= 0.3 is 6.01 Å². The SMILES string of the molecule is NN(C=O)c1nc(OCc2cccs2)ncc1F. The molecule has 0 aromatic carbocycles. The fourth-order valence-corrected chi connectivity index (χ4v) is 1.79. The van der Waals surface area contributed by atoms with Crippen molar-refractivity contribution in [3.63, 3.8) is 0 Å². The van der Waals surface area contributed by atoms with Crippen LogP contribution in [0.15, 0.2) is 23.7 Å². The second-order valence-electron chi connectivity index (χ2n) is 3.20. The van der Waals surface area contributed by atoms with Crippen molar-refractivity contribution in [2.75, 3.05) is 5.01 Å². The van der Waals surface area contributed by atoms with Crippen molar-refractivity contribution in [2.24, 2.45) is 5.84 Å². The zero-order valence-corrected chi connectivity index (χ0v) is 9.93. The Balaban J connectivity index is 2.11. The van der Waals surface area contributed by atoms with E-state index in [-0.39, 0.29) is 24.8 Å². The van der Waals surface area contributed by atoms with Crippen LogP contribution in [0, 0.1) is 5.82 Å². The van der Waals surface area contributed by atoms with E-state index in [4.69, 9.17) is 10.6 Å². The summed E-state index contributed by atoms with van der Waals surface area (Å²) in [6, 6.07) is 3.72. The van der Waals surface area contributed by atoms with E-state index in [1.165, 1.54) is 11.3 Å². The van der Waals surface area contributed by atoms with E-state index >= 15 is 0 Å². The zero-order valence-electron chi connectivity index (χ0n) is 9.12. The highest BCUT2D eigenvalue weighted by atomic mass is 32.1. The molecule has 0 spiro atoms. The largest absolute Gasteiger partial charge is 0.458 e. The van der Waals surface area contributed by atoms with Gasteiger partial charge in [0.25, 0.3) is 0 Å². The number of carbonyl (C=O) groups is 1. The summed E-state index contributed by atoms with van der Waals surface area (Å²) in [5, 5.41) is 2.43. The molecule has 0 radical (unpaired) electrons. The summed E-state index contributed by atoms with van der Waals surface area (Å²) in [4.78, 5) is 18.8. The summed E-state index contributed by atoms with van der Waals surface area (Å²) in [6.45, 7) is 0.272. The van der Waals surface area contributed by atoms with Gasteiger partial charge in [0.1, 0.15) is 6.61 Å². The van der Waals surface area contributed by atoms with Gasteiger partial charge in [-0.25, -0.2) is 20.2 Å². The Morgan fingerprint density at radius 1 is 1.61 bits per heavy atom. The topological polar surface area (TPSA) is 81.3 Å². The van der Waals surface area contributed by atoms with Crippen LogP contribution in [0.3, 0.4) is 0 Å². The number of ether oxygens (including phenoxy) is 1. The molecule has 0 fully saturated rings. The predicted molar refractivity (Wildman–Crippen MR) is 63.4 cm³/mol. The van der Waals surface area contributed by atoms with Crippen LogP contribution in [0.5, 0.6) is 6.01 Å². The smallest absolute Gasteiger partial charge is 0.318 e. The molecule has 0 saturated heterocycles. The quantitative estimate of drug-likeness (QED) is 0.380. The van der Waals surface area contributed by atoms with Gasteiger partial charge in [-0.15, -0.1) is 11.3 Å². The third-order valence-electron chi connectivity index (χ3n) is 1.99. The molecule has 0 saturated carbocycles. The van der Waals surface area contributed by atoms with Crippen molar-refractivity contribution < 1.29 is 13.9 Å². The number of nitrogens with two attached hydrogens (primary N) is 1. The van der Waals surface area contributed by atoms with Gasteiger partial charge in [0.15, 0.2) is 11.6 Å². The molecule has 8 heteroatoms. The monoisotopic (exact) mass is 268 g/mol. The Kier molecular flexibility index (Phi) is 3.80. The molecule has 2 heterocycles. The van der Waals surface area contributed by atoms with Gasteiger partial charge in [-0.2, -0.15) is 4.98 Å². The van der Waals surface area contributed by atoms with E-state index < -0.39 is 5.82 Å². The number of hydrazine groups is 1. The lowest BCUT2D eigenvalue weighted by Crippen LogP contribution is -2.30. The molecule has 2 aromatic rings. The first-order valence-corrected chi connectivity index (χ1v) is 5.75. The number of aromatic nitrogens is 2. The Hall–Kier alpha value is -2.06. The van der Waals surface area contributed by atoms with E-state index in [2.05, 4.69) is 9.97 Å². The van der Waals surface area contributed by atoms with Crippen LogP contribution in [0.4, 0.5) is 10.2 Å². The fourth-order valence-electron chi connectivity index (χ4n) is 1.17. The highest BCUT2D eigenvalue weighted by Gasteiger charge is 2.12. The summed E-state index contributed by atoms with van der Waals surface area (Å²) in [5.74, 6) is 4.11. The van der Waals surface area contributed by atoms with Gasteiger partial charge in [-0.1, -0.05) is 6.07 Å². The van der Waals surface area contributed by atoms with Crippen LogP contribution >= 0.6 is 11.3 Å². The summed E-state index contributed by atoms with van der Waals surface area (Å²) < 4.78 is 18.5. The maximum Gasteiger partial charge on any atom is 0.318 e. The second kappa shape index (κ2) is 5.52. The summed E-state index contributed by atoms with van der Waals surface area (Å²) >= 11 is 1.51. The molecule has 0 atom stereocenters. The van der Waals surface area contributed by atoms with Crippen molar-refractivity contribution in [3.05, 3.63) is 34.4 Å². The number of anilines is 1. The molecule has 0 aliphatic heterocycles. The number of thiophene rings is 1. The number of rotatable bonds is 5. The van der Waals surface area contributed by atoms with Gasteiger partial charge in [0.2, 0.25) is 6.41 Å². The van der Waals surface area contributed by atoms with Crippen molar-refractivity contribution in [1.29, 1.82) is 0 Å². The molecule has 2 aromatic heterocycles. The standard InChI is InChI=1S/C10H9FN4O2S/c11-8-4-13-10(14-9(8)15(12)6-16)17-5-7-2-1-3-18-7/h1-4,6H,5,12H2. The Bertz CT molecular complexity index is 535. The Labute approximate surface area is 106 Å². The van der Waals surface area contributed by atoms with Crippen LogP contribution in [-0.2, 0) is 11.4 Å². The Morgan fingerprint density at radius 2 is 2.44 bits per heavy atom. The van der Waals surface area contributed by atoms with Crippen molar-refractivity contribution >= 4 is 23.6 Å². The molecular weight excluding hydrogens is 259 g/mol. The highest BCUT2D eigenvalue weighted by Crippen LogP contribution is 2.17. The average molecular weight is 268 g/mol. The van der Waals surface area contributed by atoms with Gasteiger partial charge in [-0.05, 0) is 11.4 Å². The van der Waals surface area contributed by atoms with Crippen LogP contribution in [0.25, 0.3) is 0 Å². The van der Waals surface area contributed by atoms with Crippen molar-refractivity contribution in [3.8, 4) is 6.01 Å². The van der Waals surface area contributed by atoms with Gasteiger partial charge < -0.3 is 4.74 Å². The average Bonchev–Trinajstić information content (AvgIpc) is 2.90. The van der Waals surface area contributed by atoms with Crippen LogP contribution in [0.2, 0.25) is 0 Å². The molecule has 18 heavy (non-hydrogen) atoms. The molecule has 1 amide bonds. The summed E-state index contributed by atoms with van der Waals surface area (Å²) in [7, 11) is 0. The molecule has 2 N–H and O–H groups in total. The highest BCUT2D eigenvalue weighted by molar-refractivity contribution is 7.09. The van der Waals surface area contributed by atoms with Crippen molar-refractivity contribution in [2.45, 2.75) is 6.61 Å². The van der Waals surface area contributed by atoms with E-state index in [1.807, 2.05) is 17.5 Å².